The molecule has 2 fully saturated rings. The molecule has 1 aromatic rings. The van der Waals surface area contributed by atoms with Crippen molar-refractivity contribution >= 4 is 27.5 Å². The zero-order valence-corrected chi connectivity index (χ0v) is 13.7. The maximum Gasteiger partial charge on any atom is 0.317 e. The van der Waals surface area contributed by atoms with Crippen molar-refractivity contribution in [3.05, 3.63) is 34.9 Å². The maximum absolute atomic E-state index is 12.4. The SMILES string of the molecule is O=C(N[C@@H](c1ccc(Cl)cc1)C1CC1)N1CCS(=O)(=O)CC1. The Morgan fingerprint density at radius 1 is 1.18 bits per heavy atom. The van der Waals surface area contributed by atoms with Crippen molar-refractivity contribution in [1.29, 1.82) is 0 Å². The van der Waals surface area contributed by atoms with Crippen LogP contribution in [0.5, 0.6) is 0 Å². The van der Waals surface area contributed by atoms with E-state index in [2.05, 4.69) is 5.32 Å². The highest BCUT2D eigenvalue weighted by atomic mass is 35.5. The predicted molar refractivity (Wildman–Crippen MR) is 85.7 cm³/mol. The largest absolute Gasteiger partial charge is 0.331 e. The van der Waals surface area contributed by atoms with Crippen molar-refractivity contribution in [2.75, 3.05) is 24.6 Å². The first kappa shape index (κ1) is 15.6. The van der Waals surface area contributed by atoms with E-state index in [-0.39, 0.29) is 36.7 Å². The third-order valence-corrected chi connectivity index (χ3v) is 6.09. The molecule has 1 atom stereocenters. The number of hydrogen-bond donors (Lipinski definition) is 1. The Morgan fingerprint density at radius 2 is 1.77 bits per heavy atom. The molecule has 0 bridgehead atoms. The Balaban J connectivity index is 1.66. The third kappa shape index (κ3) is 3.73. The van der Waals surface area contributed by atoms with Crippen LogP contribution in [0.2, 0.25) is 5.02 Å². The van der Waals surface area contributed by atoms with Gasteiger partial charge in [-0.2, -0.15) is 0 Å². The molecule has 2 aliphatic rings. The fraction of sp³-hybridized carbons (Fsp3) is 0.533. The fourth-order valence-electron chi connectivity index (χ4n) is 2.71. The number of benzene rings is 1. The van der Waals surface area contributed by atoms with Crippen molar-refractivity contribution in [3.8, 4) is 0 Å². The van der Waals surface area contributed by atoms with E-state index in [9.17, 15) is 13.2 Å². The number of carbonyl (C=O) groups is 1. The lowest BCUT2D eigenvalue weighted by Gasteiger charge is -2.29. The second kappa shape index (κ2) is 6.08. The lowest BCUT2D eigenvalue weighted by atomic mass is 10.0. The zero-order valence-electron chi connectivity index (χ0n) is 12.2. The van der Waals surface area contributed by atoms with E-state index in [0.717, 1.165) is 18.4 Å². The topological polar surface area (TPSA) is 66.5 Å². The molecule has 2 amide bonds. The maximum atomic E-state index is 12.4. The van der Waals surface area contributed by atoms with Gasteiger partial charge in [-0.3, -0.25) is 0 Å². The van der Waals surface area contributed by atoms with Gasteiger partial charge >= 0.3 is 6.03 Å². The monoisotopic (exact) mass is 342 g/mol. The molecule has 3 rings (SSSR count). The Labute approximate surface area is 135 Å². The molecule has 1 N–H and O–H groups in total. The average molecular weight is 343 g/mol. The van der Waals surface area contributed by atoms with Crippen LogP contribution < -0.4 is 5.32 Å². The van der Waals surface area contributed by atoms with Crippen LogP contribution in [-0.2, 0) is 9.84 Å². The van der Waals surface area contributed by atoms with Crippen LogP contribution in [0.4, 0.5) is 4.79 Å². The number of hydrogen-bond acceptors (Lipinski definition) is 3. The molecular formula is C15H19ClN2O3S. The van der Waals surface area contributed by atoms with Crippen LogP contribution in [0, 0.1) is 5.92 Å². The first-order chi connectivity index (χ1) is 10.4. The second-order valence-corrected chi connectivity index (χ2v) is 8.70. The van der Waals surface area contributed by atoms with Gasteiger partial charge in [-0.05, 0) is 36.5 Å². The molecular weight excluding hydrogens is 324 g/mol. The summed E-state index contributed by atoms with van der Waals surface area (Å²) in [6.07, 6.45) is 2.20. The summed E-state index contributed by atoms with van der Waals surface area (Å²) in [7, 11) is -2.97. The second-order valence-electron chi connectivity index (χ2n) is 5.96. The Kier molecular flexibility index (Phi) is 4.32. The van der Waals surface area contributed by atoms with Gasteiger partial charge in [0.1, 0.15) is 0 Å². The average Bonchev–Trinajstić information content (AvgIpc) is 3.30. The molecule has 120 valence electrons. The van der Waals surface area contributed by atoms with Crippen LogP contribution in [0.1, 0.15) is 24.4 Å². The van der Waals surface area contributed by atoms with Crippen LogP contribution in [0.3, 0.4) is 0 Å². The molecule has 0 unspecified atom stereocenters. The van der Waals surface area contributed by atoms with Crippen molar-refractivity contribution in [1.82, 2.24) is 10.2 Å². The van der Waals surface area contributed by atoms with E-state index in [0.29, 0.717) is 10.9 Å². The molecule has 1 aliphatic carbocycles. The van der Waals surface area contributed by atoms with Gasteiger partial charge in [-0.15, -0.1) is 0 Å². The number of urea groups is 1. The molecule has 5 nitrogen and oxygen atoms in total. The van der Waals surface area contributed by atoms with Gasteiger partial charge in [0.05, 0.1) is 17.5 Å². The third-order valence-electron chi connectivity index (χ3n) is 4.23. The van der Waals surface area contributed by atoms with E-state index in [4.69, 9.17) is 11.6 Å². The molecule has 1 saturated carbocycles. The molecule has 1 heterocycles. The number of nitrogens with zero attached hydrogens (tertiary/aromatic N) is 1. The molecule has 1 saturated heterocycles. The summed E-state index contributed by atoms with van der Waals surface area (Å²) in [4.78, 5) is 14.0. The number of amides is 2. The van der Waals surface area contributed by atoms with Gasteiger partial charge in [-0.25, -0.2) is 13.2 Å². The normalized spacial score (nSPS) is 22.1. The van der Waals surface area contributed by atoms with Gasteiger partial charge in [0.15, 0.2) is 9.84 Å². The first-order valence-corrected chi connectivity index (χ1v) is 9.66. The zero-order chi connectivity index (χ0) is 15.7. The number of rotatable bonds is 3. The lowest BCUT2D eigenvalue weighted by Crippen LogP contribution is -2.49. The van der Waals surface area contributed by atoms with E-state index in [1.165, 1.54) is 0 Å². The summed E-state index contributed by atoms with van der Waals surface area (Å²) >= 11 is 5.91. The standard InChI is InChI=1S/C15H19ClN2O3S/c16-13-5-3-12(4-6-13)14(11-1-2-11)17-15(19)18-7-9-22(20,21)10-8-18/h3-6,11,14H,1-2,7-10H2,(H,17,19)/t14-/m1/s1. The highest BCUT2D eigenvalue weighted by molar-refractivity contribution is 7.91. The summed E-state index contributed by atoms with van der Waals surface area (Å²) in [5, 5.41) is 3.73. The summed E-state index contributed by atoms with van der Waals surface area (Å²) in [6.45, 7) is 0.540. The quantitative estimate of drug-likeness (QED) is 0.916. The van der Waals surface area contributed by atoms with Gasteiger partial charge in [0.2, 0.25) is 0 Å². The highest BCUT2D eigenvalue weighted by Gasteiger charge is 2.35. The lowest BCUT2D eigenvalue weighted by molar-refractivity contribution is 0.196. The van der Waals surface area contributed by atoms with Gasteiger partial charge in [0.25, 0.3) is 0 Å². The summed E-state index contributed by atoms with van der Waals surface area (Å²) < 4.78 is 22.9. The molecule has 1 aliphatic heterocycles. The minimum atomic E-state index is -2.97. The number of halogens is 1. The Hall–Kier alpha value is -1.27. The van der Waals surface area contributed by atoms with Crippen molar-refractivity contribution < 1.29 is 13.2 Å². The van der Waals surface area contributed by atoms with Crippen molar-refractivity contribution in [2.45, 2.75) is 18.9 Å². The van der Waals surface area contributed by atoms with Gasteiger partial charge in [-0.1, -0.05) is 23.7 Å². The predicted octanol–water partition coefficient (Wildman–Crippen LogP) is 2.23. The van der Waals surface area contributed by atoms with Crippen molar-refractivity contribution in [2.24, 2.45) is 5.92 Å². The molecule has 22 heavy (non-hydrogen) atoms. The summed E-state index contributed by atoms with van der Waals surface area (Å²) in [5.74, 6) is 0.559. The van der Waals surface area contributed by atoms with Crippen LogP contribution in [0.25, 0.3) is 0 Å². The Bertz CT molecular complexity index is 642. The summed E-state index contributed by atoms with van der Waals surface area (Å²) in [6, 6.07) is 7.32. The van der Waals surface area contributed by atoms with Crippen LogP contribution in [0.15, 0.2) is 24.3 Å². The minimum Gasteiger partial charge on any atom is -0.331 e. The molecule has 0 spiro atoms. The van der Waals surface area contributed by atoms with Gasteiger partial charge < -0.3 is 10.2 Å². The fourth-order valence-corrected chi connectivity index (χ4v) is 4.04. The van der Waals surface area contributed by atoms with Crippen LogP contribution in [-0.4, -0.2) is 43.9 Å². The smallest absolute Gasteiger partial charge is 0.317 e. The number of carbonyl (C=O) groups excluding carboxylic acids is 1. The van der Waals surface area contributed by atoms with Gasteiger partial charge in [0, 0.05) is 18.1 Å². The first-order valence-electron chi connectivity index (χ1n) is 7.46. The molecule has 7 heteroatoms. The van der Waals surface area contributed by atoms with E-state index >= 15 is 0 Å². The molecule has 1 aromatic carbocycles. The van der Waals surface area contributed by atoms with Crippen molar-refractivity contribution in [3.63, 3.8) is 0 Å². The minimum absolute atomic E-state index is 0.0247. The highest BCUT2D eigenvalue weighted by Crippen LogP contribution is 2.41. The Morgan fingerprint density at radius 3 is 2.32 bits per heavy atom. The summed E-state index contributed by atoms with van der Waals surface area (Å²) in [5.41, 5.74) is 1.05. The van der Waals surface area contributed by atoms with Crippen LogP contribution >= 0.6 is 11.6 Å². The number of nitrogens with one attached hydrogen (secondary N) is 1. The van der Waals surface area contributed by atoms with E-state index < -0.39 is 9.84 Å². The number of sulfone groups is 1. The molecule has 0 aromatic heterocycles. The van der Waals surface area contributed by atoms with E-state index in [1.54, 1.807) is 4.90 Å². The van der Waals surface area contributed by atoms with E-state index in [1.807, 2.05) is 24.3 Å². The molecule has 0 radical (unpaired) electrons.